The van der Waals surface area contributed by atoms with Gasteiger partial charge in [0.25, 0.3) is 0 Å². The van der Waals surface area contributed by atoms with Gasteiger partial charge in [0.15, 0.2) is 0 Å². The van der Waals surface area contributed by atoms with Crippen molar-refractivity contribution in [1.29, 1.82) is 0 Å². The lowest BCUT2D eigenvalue weighted by molar-refractivity contribution is 0.0439. The van der Waals surface area contributed by atoms with Gasteiger partial charge in [-0.2, -0.15) is 0 Å². The number of hydrogen-bond donors (Lipinski definition) is 1. The molecule has 0 aromatic carbocycles. The molecule has 1 N–H and O–H groups in total. The van der Waals surface area contributed by atoms with Gasteiger partial charge in [-0.15, -0.1) is 11.3 Å². The molecule has 72 valence electrons. The Morgan fingerprint density at radius 2 is 2.46 bits per heavy atom. The summed E-state index contributed by atoms with van der Waals surface area (Å²) in [6.07, 6.45) is 2.96. The Bertz CT molecular complexity index is 310. The van der Waals surface area contributed by atoms with E-state index < -0.39 is 5.60 Å². The van der Waals surface area contributed by atoms with E-state index >= 15 is 0 Å². The lowest BCUT2D eigenvalue weighted by atomic mass is 9.99. The monoisotopic (exact) mass is 260 g/mol. The molecule has 3 heteroatoms. The molecule has 0 saturated heterocycles. The number of thiophene rings is 1. The first-order valence-corrected chi connectivity index (χ1v) is 6.25. The molecule has 1 saturated carbocycles. The van der Waals surface area contributed by atoms with Gasteiger partial charge in [0, 0.05) is 4.47 Å². The summed E-state index contributed by atoms with van der Waals surface area (Å²) in [5.41, 5.74) is -0.549. The van der Waals surface area contributed by atoms with Crippen LogP contribution in [0.5, 0.6) is 0 Å². The molecule has 1 aromatic heterocycles. The number of hydrogen-bond acceptors (Lipinski definition) is 2. The van der Waals surface area contributed by atoms with Crippen LogP contribution in [0.1, 0.15) is 31.1 Å². The van der Waals surface area contributed by atoms with Crippen LogP contribution in [0.25, 0.3) is 0 Å². The number of halogens is 1. The standard InChI is InChI=1S/C10H13BrOS/c1-7-2-4-10(12,6-7)9-8(11)3-5-13-9/h3,5,7,12H,2,4,6H2,1H3. The topological polar surface area (TPSA) is 20.2 Å². The Hall–Kier alpha value is 0.140. The maximum atomic E-state index is 10.4. The van der Waals surface area contributed by atoms with Gasteiger partial charge in [0.05, 0.1) is 4.88 Å². The zero-order valence-corrected chi connectivity index (χ0v) is 9.99. The van der Waals surface area contributed by atoms with E-state index in [-0.39, 0.29) is 0 Å². The Labute approximate surface area is 90.9 Å². The van der Waals surface area contributed by atoms with Gasteiger partial charge in [-0.25, -0.2) is 0 Å². The van der Waals surface area contributed by atoms with Crippen LogP contribution in [0.15, 0.2) is 15.9 Å². The van der Waals surface area contributed by atoms with Gasteiger partial charge in [-0.3, -0.25) is 0 Å². The molecular weight excluding hydrogens is 248 g/mol. The molecule has 1 aliphatic rings. The van der Waals surface area contributed by atoms with Crippen LogP contribution in [-0.4, -0.2) is 5.11 Å². The van der Waals surface area contributed by atoms with Crippen LogP contribution >= 0.6 is 27.3 Å². The van der Waals surface area contributed by atoms with E-state index in [1.807, 2.05) is 11.4 Å². The van der Waals surface area contributed by atoms with Gasteiger partial charge in [0.1, 0.15) is 5.60 Å². The predicted octanol–water partition coefficient (Wildman–Crippen LogP) is 3.52. The molecule has 0 aliphatic heterocycles. The summed E-state index contributed by atoms with van der Waals surface area (Å²) in [5.74, 6) is 0.652. The van der Waals surface area contributed by atoms with E-state index in [0.29, 0.717) is 5.92 Å². The zero-order chi connectivity index (χ0) is 9.47. The molecule has 2 rings (SSSR count). The third-order valence-electron chi connectivity index (χ3n) is 2.78. The van der Waals surface area contributed by atoms with Gasteiger partial charge >= 0.3 is 0 Å². The molecule has 0 radical (unpaired) electrons. The van der Waals surface area contributed by atoms with Crippen LogP contribution in [0.3, 0.4) is 0 Å². The van der Waals surface area contributed by atoms with Crippen LogP contribution in [0.4, 0.5) is 0 Å². The summed E-state index contributed by atoms with van der Waals surface area (Å²) in [4.78, 5) is 1.11. The fourth-order valence-corrected chi connectivity index (χ4v) is 3.98. The van der Waals surface area contributed by atoms with Gasteiger partial charge < -0.3 is 5.11 Å². The first-order chi connectivity index (χ1) is 6.12. The van der Waals surface area contributed by atoms with E-state index in [2.05, 4.69) is 22.9 Å². The summed E-state index contributed by atoms with van der Waals surface area (Å²) in [5, 5.41) is 12.4. The summed E-state index contributed by atoms with van der Waals surface area (Å²) >= 11 is 5.13. The van der Waals surface area contributed by atoms with Crippen molar-refractivity contribution in [3.05, 3.63) is 20.8 Å². The summed E-state index contributed by atoms with van der Waals surface area (Å²) in [6.45, 7) is 2.21. The fourth-order valence-electron chi connectivity index (χ4n) is 2.10. The minimum Gasteiger partial charge on any atom is -0.384 e. The lowest BCUT2D eigenvalue weighted by Gasteiger charge is -2.21. The molecule has 1 fully saturated rings. The molecule has 2 unspecified atom stereocenters. The average Bonchev–Trinajstić information content (AvgIpc) is 2.59. The van der Waals surface area contributed by atoms with E-state index in [1.165, 1.54) is 0 Å². The maximum absolute atomic E-state index is 10.4. The third-order valence-corrected chi connectivity index (χ3v) is 4.81. The van der Waals surface area contributed by atoms with Crippen LogP contribution in [0.2, 0.25) is 0 Å². The zero-order valence-electron chi connectivity index (χ0n) is 7.59. The highest BCUT2D eigenvalue weighted by Gasteiger charge is 2.38. The average molecular weight is 261 g/mol. The normalized spacial score (nSPS) is 33.9. The van der Waals surface area contributed by atoms with Crippen molar-refractivity contribution >= 4 is 27.3 Å². The fraction of sp³-hybridized carbons (Fsp3) is 0.600. The highest BCUT2D eigenvalue weighted by molar-refractivity contribution is 9.10. The maximum Gasteiger partial charge on any atom is 0.100 e. The van der Waals surface area contributed by atoms with E-state index in [1.54, 1.807) is 11.3 Å². The molecule has 0 amide bonds. The Morgan fingerprint density at radius 3 is 2.92 bits per heavy atom. The minimum absolute atomic E-state index is 0.549. The van der Waals surface area contributed by atoms with Gasteiger partial charge in [0.2, 0.25) is 0 Å². The minimum atomic E-state index is -0.549. The van der Waals surface area contributed by atoms with E-state index in [4.69, 9.17) is 0 Å². The van der Waals surface area contributed by atoms with Crippen LogP contribution < -0.4 is 0 Å². The van der Waals surface area contributed by atoms with E-state index in [0.717, 1.165) is 28.6 Å². The SMILES string of the molecule is CC1CCC(O)(c2sccc2Br)C1. The summed E-state index contributed by atoms with van der Waals surface area (Å²) in [6, 6.07) is 2.01. The molecule has 0 spiro atoms. The largest absolute Gasteiger partial charge is 0.384 e. The third kappa shape index (κ3) is 1.69. The summed E-state index contributed by atoms with van der Waals surface area (Å²) < 4.78 is 1.06. The smallest absolute Gasteiger partial charge is 0.100 e. The quantitative estimate of drug-likeness (QED) is 0.820. The molecule has 1 aromatic rings. The highest BCUT2D eigenvalue weighted by atomic mass is 79.9. The van der Waals surface area contributed by atoms with Crippen molar-refractivity contribution in [2.24, 2.45) is 5.92 Å². The van der Waals surface area contributed by atoms with Crippen molar-refractivity contribution in [3.8, 4) is 0 Å². The molecule has 13 heavy (non-hydrogen) atoms. The second kappa shape index (κ2) is 3.37. The lowest BCUT2D eigenvalue weighted by Crippen LogP contribution is -2.20. The van der Waals surface area contributed by atoms with Crippen LogP contribution in [-0.2, 0) is 5.60 Å². The second-order valence-corrected chi connectivity index (χ2v) is 5.75. The van der Waals surface area contributed by atoms with Crippen molar-refractivity contribution in [1.82, 2.24) is 0 Å². The van der Waals surface area contributed by atoms with Crippen molar-refractivity contribution < 1.29 is 5.11 Å². The Balaban J connectivity index is 2.30. The molecule has 1 nitrogen and oxygen atoms in total. The first-order valence-electron chi connectivity index (χ1n) is 4.58. The first kappa shape index (κ1) is 9.69. The number of aliphatic hydroxyl groups is 1. The Morgan fingerprint density at radius 1 is 1.69 bits per heavy atom. The molecule has 1 aliphatic carbocycles. The molecule has 1 heterocycles. The van der Waals surface area contributed by atoms with Crippen molar-refractivity contribution in [2.75, 3.05) is 0 Å². The van der Waals surface area contributed by atoms with Crippen molar-refractivity contribution in [2.45, 2.75) is 31.8 Å². The van der Waals surface area contributed by atoms with Gasteiger partial charge in [-0.1, -0.05) is 6.92 Å². The molecule has 0 bridgehead atoms. The molecule has 2 atom stereocenters. The summed E-state index contributed by atoms with van der Waals surface area (Å²) in [7, 11) is 0. The van der Waals surface area contributed by atoms with E-state index in [9.17, 15) is 5.11 Å². The highest BCUT2D eigenvalue weighted by Crippen LogP contribution is 2.46. The predicted molar refractivity (Wildman–Crippen MR) is 58.9 cm³/mol. The molecular formula is C10H13BrOS. The Kier molecular flexibility index (Phi) is 2.51. The van der Waals surface area contributed by atoms with Crippen LogP contribution in [0, 0.1) is 5.92 Å². The number of rotatable bonds is 1. The van der Waals surface area contributed by atoms with Gasteiger partial charge in [-0.05, 0) is 52.6 Å². The van der Waals surface area contributed by atoms with Crippen molar-refractivity contribution in [3.63, 3.8) is 0 Å². The second-order valence-electron chi connectivity index (χ2n) is 3.98.